The lowest BCUT2D eigenvalue weighted by Crippen LogP contribution is -2.37. The summed E-state index contributed by atoms with van der Waals surface area (Å²) in [6.07, 6.45) is 3.06. The highest BCUT2D eigenvalue weighted by atomic mass is 16.7. The van der Waals surface area contributed by atoms with E-state index in [1.807, 2.05) is 45.5 Å². The minimum atomic E-state index is -0.173. The zero-order valence-electron chi connectivity index (χ0n) is 11.1. The Morgan fingerprint density at radius 2 is 2.00 bits per heavy atom. The number of aromatic nitrogens is 1. The third kappa shape index (κ3) is 3.11. The molecule has 0 aliphatic rings. The molecule has 0 aliphatic heterocycles. The van der Waals surface area contributed by atoms with Crippen LogP contribution in [0, 0.1) is 0 Å². The molecule has 2 aromatic rings. The minimum Gasteiger partial charge on any atom is -0.361 e. The fourth-order valence-corrected chi connectivity index (χ4v) is 1.93. The van der Waals surface area contributed by atoms with Crippen molar-refractivity contribution in [3.63, 3.8) is 0 Å². The predicted octanol–water partition coefficient (Wildman–Crippen LogP) is 2.26. The largest absolute Gasteiger partial charge is 0.366 e. The van der Waals surface area contributed by atoms with E-state index in [2.05, 4.69) is 11.1 Å². The number of para-hydroxylation sites is 1. The van der Waals surface area contributed by atoms with E-state index < -0.39 is 0 Å². The number of nitrogens with one attached hydrogen (secondary N) is 1. The van der Waals surface area contributed by atoms with Crippen molar-refractivity contribution in [1.82, 2.24) is 4.98 Å². The van der Waals surface area contributed by atoms with Crippen LogP contribution in [-0.4, -0.2) is 36.7 Å². The van der Waals surface area contributed by atoms with Gasteiger partial charge in [0.05, 0.1) is 6.42 Å². The van der Waals surface area contributed by atoms with Crippen molar-refractivity contribution in [2.45, 2.75) is 12.8 Å². The van der Waals surface area contributed by atoms with Crippen LogP contribution in [0.1, 0.15) is 12.0 Å². The molecule has 4 nitrogen and oxygen atoms in total. The Morgan fingerprint density at radius 1 is 1.28 bits per heavy atom. The van der Waals surface area contributed by atoms with Gasteiger partial charge < -0.3 is 4.98 Å². The first-order valence-electron chi connectivity index (χ1n) is 6.04. The quantitative estimate of drug-likeness (QED) is 0.665. The van der Waals surface area contributed by atoms with E-state index in [0.29, 0.717) is 12.8 Å². The summed E-state index contributed by atoms with van der Waals surface area (Å²) in [4.78, 5) is 20.1. The summed E-state index contributed by atoms with van der Waals surface area (Å²) >= 11 is 0. The lowest BCUT2D eigenvalue weighted by Gasteiger charge is -2.20. The number of carbonyl (C=O) groups excluding carboxylic acids is 1. The molecule has 0 bridgehead atoms. The van der Waals surface area contributed by atoms with Gasteiger partial charge in [-0.1, -0.05) is 18.2 Å². The maximum atomic E-state index is 11.6. The van der Waals surface area contributed by atoms with Gasteiger partial charge in [0.2, 0.25) is 0 Å². The molecule has 0 amide bonds. The second kappa shape index (κ2) is 4.82. The second-order valence-electron chi connectivity index (χ2n) is 5.21. The number of hydrogen-bond acceptors (Lipinski definition) is 2. The maximum Gasteiger partial charge on any atom is 0.366 e. The molecule has 0 saturated heterocycles. The summed E-state index contributed by atoms with van der Waals surface area (Å²) in [5, 5.41) is 1.18. The van der Waals surface area contributed by atoms with E-state index in [1.165, 1.54) is 5.39 Å². The van der Waals surface area contributed by atoms with Crippen LogP contribution in [0.15, 0.2) is 30.5 Å². The van der Waals surface area contributed by atoms with Crippen LogP contribution < -0.4 is 0 Å². The summed E-state index contributed by atoms with van der Waals surface area (Å²) in [7, 11) is 5.47. The fourth-order valence-electron chi connectivity index (χ4n) is 1.93. The third-order valence-electron chi connectivity index (χ3n) is 2.65. The van der Waals surface area contributed by atoms with Crippen LogP contribution in [0.3, 0.4) is 0 Å². The molecule has 0 radical (unpaired) electrons. The van der Waals surface area contributed by atoms with E-state index >= 15 is 0 Å². The van der Waals surface area contributed by atoms with Gasteiger partial charge in [0.15, 0.2) is 0 Å². The molecule has 0 unspecified atom stereocenters. The third-order valence-corrected chi connectivity index (χ3v) is 2.65. The van der Waals surface area contributed by atoms with E-state index in [9.17, 15) is 4.79 Å². The topological polar surface area (TPSA) is 42.1 Å². The Kier molecular flexibility index (Phi) is 3.39. The van der Waals surface area contributed by atoms with Gasteiger partial charge >= 0.3 is 5.97 Å². The zero-order valence-corrected chi connectivity index (χ0v) is 11.1. The number of rotatable bonds is 4. The van der Waals surface area contributed by atoms with Crippen molar-refractivity contribution in [1.29, 1.82) is 0 Å². The van der Waals surface area contributed by atoms with E-state index in [4.69, 9.17) is 4.84 Å². The van der Waals surface area contributed by atoms with Crippen molar-refractivity contribution in [3.05, 3.63) is 36.0 Å². The van der Waals surface area contributed by atoms with Crippen LogP contribution in [0.2, 0.25) is 0 Å². The standard InChI is InChI=1S/C14H19N2O2/c1-16(2,3)18-14(17)9-8-11-10-15-13-7-5-4-6-12(11)13/h4-7,10,15H,8-9H2,1-3H3/q+1. The molecule has 0 aliphatic carbocycles. The molecule has 1 N–H and O–H groups in total. The molecule has 0 fully saturated rings. The van der Waals surface area contributed by atoms with Crippen LogP contribution in [0.25, 0.3) is 10.9 Å². The molecule has 0 saturated carbocycles. The Hall–Kier alpha value is -1.81. The molecule has 2 rings (SSSR count). The van der Waals surface area contributed by atoms with E-state index in [0.717, 1.165) is 11.1 Å². The number of quaternary nitrogens is 1. The maximum absolute atomic E-state index is 11.6. The van der Waals surface area contributed by atoms with Gasteiger partial charge in [0.25, 0.3) is 0 Å². The van der Waals surface area contributed by atoms with Gasteiger partial charge in [-0.2, -0.15) is 0 Å². The first-order chi connectivity index (χ1) is 8.46. The normalized spacial score (nSPS) is 11.7. The number of nitrogens with zero attached hydrogens (tertiary/aromatic N) is 1. The summed E-state index contributed by atoms with van der Waals surface area (Å²) in [5.74, 6) is -0.173. The average molecular weight is 247 g/mol. The molecule has 0 atom stereocenters. The van der Waals surface area contributed by atoms with Crippen molar-refractivity contribution in [2.75, 3.05) is 21.1 Å². The predicted molar refractivity (Wildman–Crippen MR) is 70.7 cm³/mol. The van der Waals surface area contributed by atoms with Crippen LogP contribution in [0.5, 0.6) is 0 Å². The minimum absolute atomic E-state index is 0.173. The highest BCUT2D eigenvalue weighted by Crippen LogP contribution is 2.19. The number of carbonyl (C=O) groups is 1. The number of H-pyrrole nitrogens is 1. The van der Waals surface area contributed by atoms with Gasteiger partial charge in [0.1, 0.15) is 21.1 Å². The summed E-state index contributed by atoms with van der Waals surface area (Å²) < 4.78 is 0.201. The SMILES string of the molecule is C[N+](C)(C)OC(=O)CCc1c[nH]c2ccccc12. The average Bonchev–Trinajstić information content (AvgIpc) is 2.67. The van der Waals surface area contributed by atoms with Crippen LogP contribution in [-0.2, 0) is 16.1 Å². The summed E-state index contributed by atoms with van der Waals surface area (Å²) in [6.45, 7) is 0. The summed E-state index contributed by atoms with van der Waals surface area (Å²) in [5.41, 5.74) is 2.26. The highest BCUT2D eigenvalue weighted by molar-refractivity contribution is 5.83. The smallest absolute Gasteiger partial charge is 0.361 e. The number of benzene rings is 1. The Labute approximate surface area is 107 Å². The molecule has 18 heavy (non-hydrogen) atoms. The Balaban J connectivity index is 2.00. The Bertz CT molecular complexity index is 552. The van der Waals surface area contributed by atoms with Gasteiger partial charge in [-0.05, 0) is 18.1 Å². The molecule has 0 spiro atoms. The molecule has 1 aromatic carbocycles. The van der Waals surface area contributed by atoms with E-state index in [-0.39, 0.29) is 10.6 Å². The molecular formula is C14H19N2O2+. The van der Waals surface area contributed by atoms with Crippen molar-refractivity contribution in [3.8, 4) is 0 Å². The van der Waals surface area contributed by atoms with Gasteiger partial charge in [-0.15, -0.1) is 4.65 Å². The molecular weight excluding hydrogens is 228 g/mol. The Morgan fingerprint density at radius 3 is 2.72 bits per heavy atom. The van der Waals surface area contributed by atoms with Crippen molar-refractivity contribution < 1.29 is 14.3 Å². The number of aryl methyl sites for hydroxylation is 1. The van der Waals surface area contributed by atoms with Gasteiger partial charge in [-0.3, -0.25) is 4.84 Å². The molecule has 1 heterocycles. The fraction of sp³-hybridized carbons (Fsp3) is 0.357. The van der Waals surface area contributed by atoms with Gasteiger partial charge in [-0.25, -0.2) is 4.79 Å². The van der Waals surface area contributed by atoms with Crippen LogP contribution >= 0.6 is 0 Å². The first-order valence-corrected chi connectivity index (χ1v) is 6.04. The monoisotopic (exact) mass is 247 g/mol. The number of fused-ring (bicyclic) bond motifs is 1. The van der Waals surface area contributed by atoms with E-state index in [1.54, 1.807) is 0 Å². The molecule has 4 heteroatoms. The second-order valence-corrected chi connectivity index (χ2v) is 5.21. The van der Waals surface area contributed by atoms with Crippen LogP contribution in [0.4, 0.5) is 0 Å². The lowest BCUT2D eigenvalue weighted by molar-refractivity contribution is -1.04. The molecule has 96 valence electrons. The van der Waals surface area contributed by atoms with Crippen molar-refractivity contribution >= 4 is 16.9 Å². The zero-order chi connectivity index (χ0) is 13.2. The number of hydroxylamine groups is 3. The lowest BCUT2D eigenvalue weighted by atomic mass is 10.1. The summed E-state index contributed by atoms with van der Waals surface area (Å²) in [6, 6.07) is 8.09. The first kappa shape index (κ1) is 12.6. The van der Waals surface area contributed by atoms with Crippen molar-refractivity contribution in [2.24, 2.45) is 0 Å². The molecule has 1 aromatic heterocycles. The van der Waals surface area contributed by atoms with Gasteiger partial charge in [0, 0.05) is 17.1 Å². The number of hydrogen-bond donors (Lipinski definition) is 1. The highest BCUT2D eigenvalue weighted by Gasteiger charge is 2.16. The number of aromatic amines is 1.